The first-order chi connectivity index (χ1) is 7.74. The van der Waals surface area contributed by atoms with E-state index in [1.807, 2.05) is 0 Å². The van der Waals surface area contributed by atoms with Gasteiger partial charge in [0, 0.05) is 4.91 Å². The molecule has 0 atom stereocenters. The second-order valence-corrected chi connectivity index (χ2v) is 2.76. The number of carbonyl (C=O) groups is 1. The van der Waals surface area contributed by atoms with E-state index in [0.717, 1.165) is 0 Å². The molecule has 0 spiro atoms. The van der Waals surface area contributed by atoms with Gasteiger partial charge in [-0.05, 0) is 29.7 Å². The fraction of sp³-hybridized carbons (Fsp3) is 0.300. The van der Waals surface area contributed by atoms with Gasteiger partial charge in [-0.1, -0.05) is 6.07 Å². The van der Waals surface area contributed by atoms with Gasteiger partial charge in [-0.2, -0.15) is 0 Å². The highest BCUT2D eigenvalue weighted by atomic mass is 16.5. The van der Waals surface area contributed by atoms with Gasteiger partial charge in [0.2, 0.25) is 0 Å². The van der Waals surface area contributed by atoms with Gasteiger partial charge in [-0.3, -0.25) is 4.79 Å². The van der Waals surface area contributed by atoms with Gasteiger partial charge in [-0.25, -0.2) is 0 Å². The molecule has 0 aliphatic heterocycles. The van der Waals surface area contributed by atoms with Crippen LogP contribution in [0.1, 0.15) is 17.3 Å². The average Bonchev–Trinajstić information content (AvgIpc) is 2.30. The number of benzene rings is 1. The molecule has 0 unspecified atom stereocenters. The van der Waals surface area contributed by atoms with Crippen LogP contribution < -0.4 is 9.47 Å². The van der Waals surface area contributed by atoms with E-state index in [4.69, 9.17) is 15.0 Å². The summed E-state index contributed by atoms with van der Waals surface area (Å²) in [5.41, 5.74) is 8.40. The summed E-state index contributed by atoms with van der Waals surface area (Å²) in [6.45, 7) is 2.17. The minimum absolute atomic E-state index is 0.194. The molecule has 84 valence electrons. The number of azide groups is 1. The molecule has 1 rings (SSSR count). The van der Waals surface area contributed by atoms with Gasteiger partial charge in [0.15, 0.2) is 11.5 Å². The van der Waals surface area contributed by atoms with Crippen LogP contribution in [0, 0.1) is 0 Å². The lowest BCUT2D eigenvalue weighted by atomic mass is 10.2. The Kier molecular flexibility index (Phi) is 4.17. The molecular formula is C10H11N3O3. The van der Waals surface area contributed by atoms with Crippen LogP contribution in [0.3, 0.4) is 0 Å². The first kappa shape index (κ1) is 11.9. The fourth-order valence-electron chi connectivity index (χ4n) is 1.23. The van der Waals surface area contributed by atoms with Crippen molar-refractivity contribution in [2.75, 3.05) is 13.7 Å². The Balaban J connectivity index is 3.25. The van der Waals surface area contributed by atoms with Crippen LogP contribution >= 0.6 is 0 Å². The molecule has 0 N–H and O–H groups in total. The van der Waals surface area contributed by atoms with Crippen molar-refractivity contribution in [1.82, 2.24) is 0 Å². The van der Waals surface area contributed by atoms with Gasteiger partial charge >= 0.3 is 0 Å². The minimum atomic E-state index is -0.690. The minimum Gasteiger partial charge on any atom is -0.493 e. The van der Waals surface area contributed by atoms with Crippen LogP contribution in [-0.2, 0) is 0 Å². The highest BCUT2D eigenvalue weighted by molar-refractivity contribution is 5.98. The summed E-state index contributed by atoms with van der Waals surface area (Å²) in [5, 5.41) is 3.02. The van der Waals surface area contributed by atoms with Crippen molar-refractivity contribution in [3.8, 4) is 11.5 Å². The number of hydrogen-bond donors (Lipinski definition) is 0. The van der Waals surface area contributed by atoms with E-state index in [0.29, 0.717) is 18.1 Å². The molecular weight excluding hydrogens is 210 g/mol. The monoisotopic (exact) mass is 221 g/mol. The van der Waals surface area contributed by atoms with Crippen molar-refractivity contribution >= 4 is 5.91 Å². The van der Waals surface area contributed by atoms with Crippen LogP contribution in [0.4, 0.5) is 0 Å². The van der Waals surface area contributed by atoms with Crippen molar-refractivity contribution in [1.29, 1.82) is 0 Å². The summed E-state index contributed by atoms with van der Waals surface area (Å²) in [4.78, 5) is 13.9. The van der Waals surface area contributed by atoms with E-state index in [1.54, 1.807) is 19.1 Å². The number of amides is 1. The van der Waals surface area contributed by atoms with Crippen molar-refractivity contribution in [2.45, 2.75) is 6.92 Å². The molecule has 1 aromatic carbocycles. The van der Waals surface area contributed by atoms with Crippen molar-refractivity contribution in [3.63, 3.8) is 0 Å². The molecule has 1 amide bonds. The Morgan fingerprint density at radius 2 is 2.31 bits per heavy atom. The second-order valence-electron chi connectivity index (χ2n) is 2.76. The number of ether oxygens (including phenoxy) is 2. The van der Waals surface area contributed by atoms with Gasteiger partial charge in [0.1, 0.15) is 0 Å². The Morgan fingerprint density at radius 1 is 1.56 bits per heavy atom. The second kappa shape index (κ2) is 5.63. The highest BCUT2D eigenvalue weighted by Crippen LogP contribution is 2.31. The summed E-state index contributed by atoms with van der Waals surface area (Å²) in [6.07, 6.45) is 0. The quantitative estimate of drug-likeness (QED) is 0.444. The van der Waals surface area contributed by atoms with Crippen LogP contribution in [0.25, 0.3) is 10.4 Å². The molecule has 6 nitrogen and oxygen atoms in total. The molecule has 0 aliphatic rings. The number of carbonyl (C=O) groups excluding carboxylic acids is 1. The number of nitrogens with zero attached hydrogens (tertiary/aromatic N) is 3. The third-order valence-corrected chi connectivity index (χ3v) is 1.85. The highest BCUT2D eigenvalue weighted by Gasteiger charge is 2.15. The molecule has 0 radical (unpaired) electrons. The third-order valence-electron chi connectivity index (χ3n) is 1.85. The molecule has 6 heteroatoms. The standard InChI is InChI=1S/C10H11N3O3/c1-3-16-9-7(10(14)12-13-11)5-4-6-8(9)15-2/h4-6H,3H2,1-2H3. The van der Waals surface area contributed by atoms with Crippen molar-refractivity contribution < 1.29 is 14.3 Å². The molecule has 0 aromatic heterocycles. The zero-order valence-corrected chi connectivity index (χ0v) is 9.01. The van der Waals surface area contributed by atoms with E-state index in [2.05, 4.69) is 10.0 Å². The Morgan fingerprint density at radius 3 is 2.88 bits per heavy atom. The molecule has 0 saturated carbocycles. The summed E-state index contributed by atoms with van der Waals surface area (Å²) in [5.74, 6) is 0.0376. The summed E-state index contributed by atoms with van der Waals surface area (Å²) in [7, 11) is 1.47. The van der Waals surface area contributed by atoms with Crippen LogP contribution in [0.2, 0.25) is 0 Å². The number of rotatable bonds is 4. The van der Waals surface area contributed by atoms with Crippen LogP contribution in [-0.4, -0.2) is 19.6 Å². The summed E-state index contributed by atoms with van der Waals surface area (Å²) in [6, 6.07) is 4.81. The van der Waals surface area contributed by atoms with Gasteiger partial charge < -0.3 is 9.47 Å². The van der Waals surface area contributed by atoms with E-state index < -0.39 is 5.91 Å². The molecule has 0 fully saturated rings. The normalized spacial score (nSPS) is 9.12. The van der Waals surface area contributed by atoms with Crippen molar-refractivity contribution in [2.24, 2.45) is 5.11 Å². The van der Waals surface area contributed by atoms with Gasteiger partial charge in [-0.15, -0.1) is 0 Å². The maximum Gasteiger partial charge on any atom is 0.253 e. The van der Waals surface area contributed by atoms with Gasteiger partial charge in [0.05, 0.1) is 19.3 Å². The van der Waals surface area contributed by atoms with Crippen LogP contribution in [0.5, 0.6) is 11.5 Å². The molecule has 0 bridgehead atoms. The number of methoxy groups -OCH3 is 1. The van der Waals surface area contributed by atoms with E-state index >= 15 is 0 Å². The maximum atomic E-state index is 11.5. The smallest absolute Gasteiger partial charge is 0.253 e. The molecule has 0 aliphatic carbocycles. The average molecular weight is 221 g/mol. The zero-order valence-electron chi connectivity index (χ0n) is 9.01. The maximum absolute atomic E-state index is 11.5. The van der Waals surface area contributed by atoms with E-state index in [1.165, 1.54) is 13.2 Å². The molecule has 0 heterocycles. The van der Waals surface area contributed by atoms with Crippen LogP contribution in [0.15, 0.2) is 23.3 Å². The summed E-state index contributed by atoms with van der Waals surface area (Å²) >= 11 is 0. The summed E-state index contributed by atoms with van der Waals surface area (Å²) < 4.78 is 10.4. The first-order valence-corrected chi connectivity index (χ1v) is 4.63. The lowest BCUT2D eigenvalue weighted by molar-refractivity contribution is 0.0996. The number of hydrogen-bond acceptors (Lipinski definition) is 3. The lowest BCUT2D eigenvalue weighted by Gasteiger charge is -2.11. The molecule has 1 aromatic rings. The predicted molar refractivity (Wildman–Crippen MR) is 57.6 cm³/mol. The SMILES string of the molecule is CCOc1c(OC)cccc1C(=O)N=[N+]=[N-]. The topological polar surface area (TPSA) is 84.3 Å². The predicted octanol–water partition coefficient (Wildman–Crippen LogP) is 2.54. The first-order valence-electron chi connectivity index (χ1n) is 4.63. The Hall–Kier alpha value is -2.20. The zero-order chi connectivity index (χ0) is 12.0. The Bertz CT molecular complexity index is 439. The Labute approximate surface area is 92.4 Å². The largest absolute Gasteiger partial charge is 0.493 e. The number of para-hydroxylation sites is 1. The van der Waals surface area contributed by atoms with Crippen molar-refractivity contribution in [3.05, 3.63) is 34.2 Å². The lowest BCUT2D eigenvalue weighted by Crippen LogP contribution is -2.03. The van der Waals surface area contributed by atoms with Gasteiger partial charge in [0.25, 0.3) is 5.91 Å². The fourth-order valence-corrected chi connectivity index (χ4v) is 1.23. The molecule has 0 saturated heterocycles. The van der Waals surface area contributed by atoms with E-state index in [9.17, 15) is 4.79 Å². The van der Waals surface area contributed by atoms with E-state index in [-0.39, 0.29) is 5.56 Å². The third kappa shape index (κ3) is 2.43. The molecule has 16 heavy (non-hydrogen) atoms.